The van der Waals surface area contributed by atoms with Gasteiger partial charge in [0.1, 0.15) is 11.6 Å². The van der Waals surface area contributed by atoms with Gasteiger partial charge < -0.3 is 10.6 Å². The molecule has 0 spiro atoms. The lowest BCUT2D eigenvalue weighted by atomic mass is 10.1. The average Bonchev–Trinajstić information content (AvgIpc) is 2.91. The first kappa shape index (κ1) is 23.0. The molecule has 3 aromatic rings. The van der Waals surface area contributed by atoms with Gasteiger partial charge in [0.05, 0.1) is 29.5 Å². The molecule has 0 bridgehead atoms. The number of amides is 2. The van der Waals surface area contributed by atoms with Gasteiger partial charge in [-0.15, -0.1) is 11.8 Å². The molecule has 0 aliphatic carbocycles. The Balaban J connectivity index is 1.64. The predicted molar refractivity (Wildman–Crippen MR) is 125 cm³/mol. The molecular formula is C23H19ClF2N4O2S. The van der Waals surface area contributed by atoms with Crippen molar-refractivity contribution in [2.45, 2.75) is 17.5 Å². The minimum atomic E-state index is -0.782. The van der Waals surface area contributed by atoms with Gasteiger partial charge in [-0.3, -0.25) is 20.4 Å². The molecule has 1 aliphatic rings. The average molecular weight is 489 g/mol. The Morgan fingerprint density at radius 2 is 1.82 bits per heavy atom. The molecule has 1 aliphatic heterocycles. The number of nitrogens with zero attached hydrogens (tertiary/aromatic N) is 1. The highest BCUT2D eigenvalue weighted by atomic mass is 35.5. The van der Waals surface area contributed by atoms with Crippen molar-refractivity contribution >= 4 is 46.6 Å². The van der Waals surface area contributed by atoms with Crippen LogP contribution in [0.5, 0.6) is 0 Å². The van der Waals surface area contributed by atoms with Crippen LogP contribution in [0.4, 0.5) is 20.2 Å². The quantitative estimate of drug-likeness (QED) is 0.465. The van der Waals surface area contributed by atoms with E-state index in [4.69, 9.17) is 17.3 Å². The summed E-state index contributed by atoms with van der Waals surface area (Å²) < 4.78 is 27.9. The predicted octanol–water partition coefficient (Wildman–Crippen LogP) is 4.34. The first-order valence-electron chi connectivity index (χ1n) is 9.91. The van der Waals surface area contributed by atoms with Gasteiger partial charge in [0, 0.05) is 15.7 Å². The summed E-state index contributed by atoms with van der Waals surface area (Å²) in [5.74, 6) is -1.98. The smallest absolute Gasteiger partial charge is 0.272 e. The van der Waals surface area contributed by atoms with E-state index in [0.29, 0.717) is 21.3 Å². The van der Waals surface area contributed by atoms with E-state index >= 15 is 0 Å². The Bertz CT molecular complexity index is 1190. The molecule has 4 N–H and O–H groups in total. The topological polar surface area (TPSA) is 87.5 Å². The Kier molecular flexibility index (Phi) is 6.83. The van der Waals surface area contributed by atoms with Crippen LogP contribution in [0.15, 0.2) is 65.6 Å². The second-order valence-corrected chi connectivity index (χ2v) is 8.85. The number of halogens is 3. The zero-order valence-corrected chi connectivity index (χ0v) is 18.7. The third kappa shape index (κ3) is 5.27. The summed E-state index contributed by atoms with van der Waals surface area (Å²) in [5.41, 5.74) is 12.4. The normalized spacial score (nSPS) is 15.6. The van der Waals surface area contributed by atoms with Crippen LogP contribution in [-0.2, 0) is 11.3 Å². The van der Waals surface area contributed by atoms with E-state index in [-0.39, 0.29) is 23.8 Å². The van der Waals surface area contributed by atoms with Crippen LogP contribution in [0.1, 0.15) is 15.9 Å². The minimum absolute atomic E-state index is 0.178. The highest BCUT2D eigenvalue weighted by Crippen LogP contribution is 2.37. The fraction of sp³-hybridized carbons (Fsp3) is 0.130. The van der Waals surface area contributed by atoms with E-state index in [9.17, 15) is 18.4 Å². The van der Waals surface area contributed by atoms with Gasteiger partial charge in [0.15, 0.2) is 0 Å². The molecule has 4 rings (SSSR count). The molecule has 0 fully saturated rings. The van der Waals surface area contributed by atoms with Crippen LogP contribution in [0.25, 0.3) is 0 Å². The summed E-state index contributed by atoms with van der Waals surface area (Å²) in [6, 6.07) is 14.1. The summed E-state index contributed by atoms with van der Waals surface area (Å²) >= 11 is 7.21. The standard InChI is InChI=1S/C23H19ClF2N4O2S/c24-14-3-1-13(2-4-14)11-30-20-9-17(18(26)10-21(20)33-12-19(27)23(30)32)22(31)29-28-16-7-5-15(25)6-8-16/h1-10,19,28H,11-12,27H2,(H,29,31)/t19-/m0/s1. The third-order valence-corrected chi connectivity index (χ3v) is 6.42. The van der Waals surface area contributed by atoms with Crippen molar-refractivity contribution in [3.63, 3.8) is 0 Å². The first-order valence-corrected chi connectivity index (χ1v) is 11.3. The maximum atomic E-state index is 14.8. The van der Waals surface area contributed by atoms with Crippen molar-refractivity contribution in [2.24, 2.45) is 5.73 Å². The number of rotatable bonds is 5. The molecule has 33 heavy (non-hydrogen) atoms. The highest BCUT2D eigenvalue weighted by molar-refractivity contribution is 7.99. The molecule has 0 saturated heterocycles. The lowest BCUT2D eigenvalue weighted by molar-refractivity contribution is -0.119. The van der Waals surface area contributed by atoms with Crippen LogP contribution < -0.4 is 21.5 Å². The largest absolute Gasteiger partial charge is 0.319 e. The molecular weight excluding hydrogens is 470 g/mol. The summed E-state index contributed by atoms with van der Waals surface area (Å²) in [5, 5.41) is 0.559. The van der Waals surface area contributed by atoms with Crippen molar-refractivity contribution in [1.82, 2.24) is 5.43 Å². The molecule has 0 aromatic heterocycles. The third-order valence-electron chi connectivity index (χ3n) is 5.00. The summed E-state index contributed by atoms with van der Waals surface area (Å²) in [6.45, 7) is 0.178. The van der Waals surface area contributed by atoms with E-state index in [0.717, 1.165) is 5.56 Å². The number of nitrogens with two attached hydrogens (primary N) is 1. The number of fused-ring (bicyclic) bond motifs is 1. The Morgan fingerprint density at radius 1 is 1.12 bits per heavy atom. The maximum absolute atomic E-state index is 14.8. The van der Waals surface area contributed by atoms with Gasteiger partial charge in [-0.05, 0) is 54.1 Å². The highest BCUT2D eigenvalue weighted by Gasteiger charge is 2.30. The van der Waals surface area contributed by atoms with Crippen molar-refractivity contribution in [2.75, 3.05) is 16.1 Å². The zero-order chi connectivity index (χ0) is 23.5. The summed E-state index contributed by atoms with van der Waals surface area (Å²) in [4.78, 5) is 27.7. The second-order valence-electron chi connectivity index (χ2n) is 7.35. The number of hydrazine groups is 1. The number of anilines is 2. The van der Waals surface area contributed by atoms with Crippen LogP contribution >= 0.6 is 23.4 Å². The maximum Gasteiger partial charge on any atom is 0.272 e. The van der Waals surface area contributed by atoms with Gasteiger partial charge >= 0.3 is 0 Å². The van der Waals surface area contributed by atoms with Crippen LogP contribution in [0.3, 0.4) is 0 Å². The van der Waals surface area contributed by atoms with Gasteiger partial charge in [0.25, 0.3) is 5.91 Å². The minimum Gasteiger partial charge on any atom is -0.319 e. The molecule has 2 amide bonds. The molecule has 0 saturated carbocycles. The van der Waals surface area contributed by atoms with Crippen LogP contribution in [0.2, 0.25) is 5.02 Å². The van der Waals surface area contributed by atoms with Crippen LogP contribution in [0, 0.1) is 11.6 Å². The van der Waals surface area contributed by atoms with Crippen molar-refractivity contribution in [3.8, 4) is 0 Å². The molecule has 170 valence electrons. The lowest BCUT2D eigenvalue weighted by Crippen LogP contribution is -2.44. The molecule has 3 aromatic carbocycles. The number of carbonyl (C=O) groups excluding carboxylic acids is 2. The van der Waals surface area contributed by atoms with Crippen molar-refractivity contribution < 1.29 is 18.4 Å². The second kappa shape index (κ2) is 9.78. The fourth-order valence-corrected chi connectivity index (χ4v) is 4.41. The monoisotopic (exact) mass is 488 g/mol. The zero-order valence-electron chi connectivity index (χ0n) is 17.1. The van der Waals surface area contributed by atoms with Gasteiger partial charge in [-0.2, -0.15) is 0 Å². The van der Waals surface area contributed by atoms with Crippen LogP contribution in [-0.4, -0.2) is 23.6 Å². The molecule has 0 radical (unpaired) electrons. The number of hydrogen-bond acceptors (Lipinski definition) is 5. The van der Waals surface area contributed by atoms with E-state index in [2.05, 4.69) is 10.9 Å². The van der Waals surface area contributed by atoms with Gasteiger partial charge in [0.2, 0.25) is 5.91 Å². The summed E-state index contributed by atoms with van der Waals surface area (Å²) in [7, 11) is 0. The number of hydrogen-bond donors (Lipinski definition) is 3. The number of thioether (sulfide) groups is 1. The van der Waals surface area contributed by atoms with E-state index in [1.807, 2.05) is 0 Å². The SMILES string of the molecule is N[C@H]1CSc2cc(F)c(C(=O)NNc3ccc(F)cc3)cc2N(Cc2ccc(Cl)cc2)C1=O. The Morgan fingerprint density at radius 3 is 2.52 bits per heavy atom. The molecule has 0 unspecified atom stereocenters. The Labute approximate surface area is 198 Å². The van der Waals surface area contributed by atoms with E-state index in [1.165, 1.54) is 53.1 Å². The molecule has 6 nitrogen and oxygen atoms in total. The van der Waals surface area contributed by atoms with Gasteiger partial charge in [-0.25, -0.2) is 8.78 Å². The van der Waals surface area contributed by atoms with Crippen molar-refractivity contribution in [1.29, 1.82) is 0 Å². The Hall–Kier alpha value is -3.14. The van der Waals surface area contributed by atoms with E-state index < -0.39 is 23.6 Å². The number of nitrogens with one attached hydrogen (secondary N) is 2. The summed E-state index contributed by atoms with van der Waals surface area (Å²) in [6.07, 6.45) is 0. The van der Waals surface area contributed by atoms with Crippen molar-refractivity contribution in [3.05, 3.63) is 88.4 Å². The number of carbonyl (C=O) groups is 2. The van der Waals surface area contributed by atoms with Gasteiger partial charge in [-0.1, -0.05) is 23.7 Å². The lowest BCUT2D eigenvalue weighted by Gasteiger charge is -2.25. The molecule has 1 atom stereocenters. The first-order chi connectivity index (χ1) is 15.8. The molecule has 1 heterocycles. The number of benzene rings is 3. The fourth-order valence-electron chi connectivity index (χ4n) is 3.28. The molecule has 10 heteroatoms. The van der Waals surface area contributed by atoms with E-state index in [1.54, 1.807) is 24.3 Å².